The van der Waals surface area contributed by atoms with Gasteiger partial charge in [-0.25, -0.2) is 22.3 Å². The van der Waals surface area contributed by atoms with Crippen LogP contribution in [0, 0.1) is 0 Å². The Morgan fingerprint density at radius 2 is 1.61 bits per heavy atom. The normalized spacial score (nSPS) is 11.8. The van der Waals surface area contributed by atoms with E-state index in [-0.39, 0.29) is 11.3 Å². The van der Waals surface area contributed by atoms with E-state index < -0.39 is 16.4 Å². The number of alkyl halides is 2. The Morgan fingerprint density at radius 1 is 1.00 bits per heavy atom. The van der Waals surface area contributed by atoms with Gasteiger partial charge in [0.05, 0.1) is 11.5 Å². The lowest BCUT2D eigenvalue weighted by atomic mass is 10.1. The minimum Gasteiger partial charge on any atom is -0.494 e. The van der Waals surface area contributed by atoms with Crippen LogP contribution in [-0.2, 0) is 10.0 Å². The number of halogens is 2. The molecule has 0 fully saturated rings. The van der Waals surface area contributed by atoms with Gasteiger partial charge in [-0.05, 0) is 25.0 Å². The van der Waals surface area contributed by atoms with E-state index >= 15 is 0 Å². The highest BCUT2D eigenvalue weighted by atomic mass is 32.2. The maximum absolute atomic E-state index is 11.9. The standard InChI is InChI=1S/C16H25F2NO3S/c17-16(18)11-6-4-2-1-3-5-7-12-22-14-9-8-10-15(13-14)23(19,20)21/h8-10,13,16H,1-7,11-12H2,(H2,19,20,21). The van der Waals surface area contributed by atoms with Crippen LogP contribution >= 0.6 is 0 Å². The summed E-state index contributed by atoms with van der Waals surface area (Å²) < 4.78 is 51.8. The lowest BCUT2D eigenvalue weighted by Gasteiger charge is -2.07. The lowest BCUT2D eigenvalue weighted by molar-refractivity contribution is 0.133. The highest BCUT2D eigenvalue weighted by Crippen LogP contribution is 2.17. The predicted molar refractivity (Wildman–Crippen MR) is 86.3 cm³/mol. The highest BCUT2D eigenvalue weighted by molar-refractivity contribution is 7.89. The van der Waals surface area contributed by atoms with E-state index in [2.05, 4.69) is 0 Å². The van der Waals surface area contributed by atoms with Crippen molar-refractivity contribution in [2.45, 2.75) is 62.7 Å². The second-order valence-corrected chi connectivity index (χ2v) is 7.08. The zero-order chi connectivity index (χ0) is 17.1. The molecule has 0 saturated carbocycles. The van der Waals surface area contributed by atoms with Crippen LogP contribution in [0.2, 0.25) is 0 Å². The molecule has 0 spiro atoms. The van der Waals surface area contributed by atoms with Gasteiger partial charge in [0, 0.05) is 12.5 Å². The number of hydrogen-bond donors (Lipinski definition) is 1. The Kier molecular flexibility index (Phi) is 9.09. The van der Waals surface area contributed by atoms with Crippen molar-refractivity contribution in [1.82, 2.24) is 0 Å². The Bertz CT molecular complexity index is 550. The average molecular weight is 349 g/mol. The van der Waals surface area contributed by atoms with Crippen molar-refractivity contribution in [2.75, 3.05) is 6.61 Å². The first kappa shape index (κ1) is 19.8. The first-order valence-electron chi connectivity index (χ1n) is 7.93. The molecule has 0 heterocycles. The van der Waals surface area contributed by atoms with E-state index in [1.165, 1.54) is 12.1 Å². The number of primary sulfonamides is 1. The molecule has 0 amide bonds. The van der Waals surface area contributed by atoms with Crippen LogP contribution in [0.4, 0.5) is 8.78 Å². The molecule has 7 heteroatoms. The minimum atomic E-state index is -3.71. The van der Waals surface area contributed by atoms with Crippen molar-refractivity contribution < 1.29 is 21.9 Å². The fraction of sp³-hybridized carbons (Fsp3) is 0.625. The zero-order valence-corrected chi connectivity index (χ0v) is 14.0. The van der Waals surface area contributed by atoms with Gasteiger partial charge in [-0.3, -0.25) is 0 Å². The molecule has 4 nitrogen and oxygen atoms in total. The smallest absolute Gasteiger partial charge is 0.238 e. The largest absolute Gasteiger partial charge is 0.494 e. The van der Waals surface area contributed by atoms with E-state index in [9.17, 15) is 17.2 Å². The minimum absolute atomic E-state index is 0.00538. The quantitative estimate of drug-likeness (QED) is 0.578. The molecule has 0 aliphatic heterocycles. The van der Waals surface area contributed by atoms with Crippen LogP contribution < -0.4 is 9.88 Å². The van der Waals surface area contributed by atoms with Gasteiger partial charge in [0.2, 0.25) is 16.4 Å². The molecule has 0 aliphatic rings. The van der Waals surface area contributed by atoms with Crippen molar-refractivity contribution in [3.8, 4) is 5.75 Å². The second kappa shape index (κ2) is 10.5. The third-order valence-corrected chi connectivity index (χ3v) is 4.38. The van der Waals surface area contributed by atoms with Crippen LogP contribution in [0.1, 0.15) is 51.4 Å². The molecule has 1 aromatic rings. The summed E-state index contributed by atoms with van der Waals surface area (Å²) in [6.07, 6.45) is 4.25. The molecule has 0 bridgehead atoms. The van der Waals surface area contributed by atoms with E-state index in [0.717, 1.165) is 38.5 Å². The van der Waals surface area contributed by atoms with E-state index in [0.29, 0.717) is 18.8 Å². The van der Waals surface area contributed by atoms with Crippen LogP contribution in [0.25, 0.3) is 0 Å². The van der Waals surface area contributed by atoms with Crippen LogP contribution in [0.5, 0.6) is 5.75 Å². The Balaban J connectivity index is 2.07. The van der Waals surface area contributed by atoms with Crippen molar-refractivity contribution in [1.29, 1.82) is 0 Å². The van der Waals surface area contributed by atoms with Crippen LogP contribution in [0.15, 0.2) is 29.2 Å². The van der Waals surface area contributed by atoms with Crippen molar-refractivity contribution >= 4 is 10.0 Å². The molecule has 0 aromatic heterocycles. The van der Waals surface area contributed by atoms with Gasteiger partial charge in [0.1, 0.15) is 5.75 Å². The Hall–Kier alpha value is -1.21. The molecule has 0 aliphatic carbocycles. The topological polar surface area (TPSA) is 69.4 Å². The predicted octanol–water partition coefficient (Wildman–Crippen LogP) is 4.10. The van der Waals surface area contributed by atoms with Crippen LogP contribution in [0.3, 0.4) is 0 Å². The second-order valence-electron chi connectivity index (χ2n) is 5.52. The fourth-order valence-corrected chi connectivity index (χ4v) is 2.76. The number of unbranched alkanes of at least 4 members (excludes halogenated alkanes) is 6. The molecule has 0 atom stereocenters. The summed E-state index contributed by atoms with van der Waals surface area (Å²) >= 11 is 0. The van der Waals surface area contributed by atoms with Gasteiger partial charge < -0.3 is 4.74 Å². The molecule has 23 heavy (non-hydrogen) atoms. The van der Waals surface area contributed by atoms with Gasteiger partial charge in [0.25, 0.3) is 0 Å². The van der Waals surface area contributed by atoms with Gasteiger partial charge >= 0.3 is 0 Å². The summed E-state index contributed by atoms with van der Waals surface area (Å²) in [5.74, 6) is 0.489. The van der Waals surface area contributed by atoms with Crippen LogP contribution in [-0.4, -0.2) is 21.5 Å². The number of ether oxygens (including phenoxy) is 1. The van der Waals surface area contributed by atoms with Crippen molar-refractivity contribution in [2.24, 2.45) is 5.14 Å². The van der Waals surface area contributed by atoms with Crippen molar-refractivity contribution in [3.05, 3.63) is 24.3 Å². The van der Waals surface area contributed by atoms with Crippen molar-refractivity contribution in [3.63, 3.8) is 0 Å². The van der Waals surface area contributed by atoms with E-state index in [4.69, 9.17) is 9.88 Å². The number of rotatable bonds is 12. The summed E-state index contributed by atoms with van der Waals surface area (Å²) in [7, 11) is -3.71. The fourth-order valence-electron chi connectivity index (χ4n) is 2.22. The lowest BCUT2D eigenvalue weighted by Crippen LogP contribution is -2.12. The van der Waals surface area contributed by atoms with Gasteiger partial charge in [0.15, 0.2) is 0 Å². The molecule has 1 aromatic carbocycles. The average Bonchev–Trinajstić information content (AvgIpc) is 2.48. The first-order chi connectivity index (χ1) is 10.9. The number of hydrogen-bond acceptors (Lipinski definition) is 3. The summed E-state index contributed by atoms with van der Waals surface area (Å²) in [6, 6.07) is 6.13. The van der Waals surface area contributed by atoms with E-state index in [1.807, 2.05) is 0 Å². The third kappa shape index (κ3) is 9.50. The molecule has 2 N–H and O–H groups in total. The number of nitrogens with two attached hydrogens (primary N) is 1. The summed E-state index contributed by atoms with van der Waals surface area (Å²) in [4.78, 5) is 0.0406. The van der Waals surface area contributed by atoms with Gasteiger partial charge in [-0.1, -0.05) is 38.2 Å². The van der Waals surface area contributed by atoms with E-state index in [1.54, 1.807) is 12.1 Å². The molecule has 132 valence electrons. The summed E-state index contributed by atoms with van der Waals surface area (Å²) in [5.41, 5.74) is 0. The monoisotopic (exact) mass is 349 g/mol. The number of sulfonamides is 1. The molecule has 0 radical (unpaired) electrons. The highest BCUT2D eigenvalue weighted by Gasteiger charge is 2.08. The molecule has 1 rings (SSSR count). The zero-order valence-electron chi connectivity index (χ0n) is 13.2. The third-order valence-electron chi connectivity index (χ3n) is 3.47. The Labute approximate surface area is 137 Å². The number of benzene rings is 1. The summed E-state index contributed by atoms with van der Waals surface area (Å²) in [5, 5.41) is 5.06. The first-order valence-corrected chi connectivity index (χ1v) is 9.48. The molecule has 0 unspecified atom stereocenters. The SMILES string of the molecule is NS(=O)(=O)c1cccc(OCCCCCCCCCC(F)F)c1. The maximum Gasteiger partial charge on any atom is 0.238 e. The molecule has 0 saturated heterocycles. The molecular formula is C16H25F2NO3S. The van der Waals surface area contributed by atoms with Gasteiger partial charge in [-0.15, -0.1) is 0 Å². The Morgan fingerprint density at radius 3 is 2.22 bits per heavy atom. The maximum atomic E-state index is 11.9. The molecular weight excluding hydrogens is 324 g/mol. The van der Waals surface area contributed by atoms with Gasteiger partial charge in [-0.2, -0.15) is 0 Å². The summed E-state index contributed by atoms with van der Waals surface area (Å²) in [6.45, 7) is 0.513.